The molecule has 0 amide bonds. The molecule has 2 aromatic carbocycles. The van der Waals surface area contributed by atoms with Gasteiger partial charge in [-0.15, -0.1) is 0 Å². The van der Waals surface area contributed by atoms with Gasteiger partial charge in [-0.1, -0.05) is 0 Å². The normalized spacial score (nSPS) is 12.0. The number of benzene rings is 2. The monoisotopic (exact) mass is 415 g/mol. The molecular weight excluding hydrogens is 394 g/mol. The van der Waals surface area contributed by atoms with Crippen LogP contribution in [0.25, 0.3) is 11.0 Å². The molecule has 1 heterocycles. The Morgan fingerprint density at radius 1 is 1.17 bits per heavy atom. The average molecular weight is 415 g/mol. The number of rotatable bonds is 7. The molecule has 30 heavy (non-hydrogen) atoms. The first-order chi connectivity index (χ1) is 14.2. The Bertz CT molecular complexity index is 1150. The van der Waals surface area contributed by atoms with E-state index in [0.717, 1.165) is 17.0 Å². The van der Waals surface area contributed by atoms with Gasteiger partial charge < -0.3 is 19.6 Å². The van der Waals surface area contributed by atoms with E-state index in [-0.39, 0.29) is 16.8 Å². The van der Waals surface area contributed by atoms with Gasteiger partial charge in [-0.05, 0) is 44.5 Å². The zero-order valence-electron chi connectivity index (χ0n) is 16.9. The smallest absolute Gasteiger partial charge is 0.302 e. The Hall–Kier alpha value is -3.66. The number of fused-ring (bicyclic) bond motifs is 1. The number of nitro groups is 2. The van der Waals surface area contributed by atoms with Crippen molar-refractivity contribution in [2.45, 2.75) is 33.4 Å². The highest BCUT2D eigenvalue weighted by Crippen LogP contribution is 2.42. The highest BCUT2D eigenvalue weighted by molar-refractivity contribution is 5.84. The molecule has 1 aromatic heterocycles. The second-order valence-electron chi connectivity index (χ2n) is 6.90. The Balaban J connectivity index is 2.13. The van der Waals surface area contributed by atoms with Gasteiger partial charge in [-0.25, -0.2) is 0 Å². The van der Waals surface area contributed by atoms with Gasteiger partial charge >= 0.3 is 5.69 Å². The van der Waals surface area contributed by atoms with Gasteiger partial charge in [0.1, 0.15) is 17.1 Å². The minimum atomic E-state index is -0.711. The van der Waals surface area contributed by atoms with Crippen LogP contribution in [0.5, 0.6) is 5.75 Å². The lowest BCUT2D eigenvalue weighted by Gasteiger charge is -2.16. The Morgan fingerprint density at radius 3 is 2.43 bits per heavy atom. The third-order valence-electron chi connectivity index (χ3n) is 5.12. The Labute approximate surface area is 171 Å². The van der Waals surface area contributed by atoms with Crippen LogP contribution < -0.4 is 10.1 Å². The standard InChI is InChI=1S/C20H21N3O7/c1-10-13(9-24)7-16(22(25)26)18(19(10)23(27)28)21-12(3)20-11(2)15-8-14(29-4)5-6-17(15)30-20/h5-8,12,21,24H,9H2,1-4H3. The van der Waals surface area contributed by atoms with E-state index in [9.17, 15) is 25.3 Å². The van der Waals surface area contributed by atoms with Crippen molar-refractivity contribution >= 4 is 28.0 Å². The molecule has 3 aromatic rings. The van der Waals surface area contributed by atoms with Crippen molar-refractivity contribution < 1.29 is 24.1 Å². The molecule has 1 unspecified atom stereocenters. The Kier molecular flexibility index (Phi) is 5.61. The van der Waals surface area contributed by atoms with Gasteiger partial charge in [-0.2, -0.15) is 0 Å². The third-order valence-corrected chi connectivity index (χ3v) is 5.12. The number of aryl methyl sites for hydroxylation is 1. The number of nitrogens with zero attached hydrogens (tertiary/aromatic N) is 2. The topological polar surface area (TPSA) is 141 Å². The van der Waals surface area contributed by atoms with Crippen LogP contribution >= 0.6 is 0 Å². The molecule has 0 radical (unpaired) electrons. The number of hydrogen-bond donors (Lipinski definition) is 2. The number of furan rings is 1. The molecule has 2 N–H and O–H groups in total. The number of aliphatic hydroxyl groups is 1. The van der Waals surface area contributed by atoms with Gasteiger partial charge in [0.2, 0.25) is 0 Å². The number of aliphatic hydroxyl groups excluding tert-OH is 1. The van der Waals surface area contributed by atoms with Crippen LogP contribution in [0.3, 0.4) is 0 Å². The van der Waals surface area contributed by atoms with Crippen LogP contribution in [-0.4, -0.2) is 22.1 Å². The van der Waals surface area contributed by atoms with Gasteiger partial charge in [-0.3, -0.25) is 20.2 Å². The molecule has 0 aliphatic rings. The predicted octanol–water partition coefficient (Wildman–Crippen LogP) is 4.54. The molecule has 0 saturated heterocycles. The third kappa shape index (κ3) is 3.52. The maximum absolute atomic E-state index is 11.7. The zero-order valence-corrected chi connectivity index (χ0v) is 16.9. The lowest BCUT2D eigenvalue weighted by atomic mass is 10.0. The molecule has 1 atom stereocenters. The summed E-state index contributed by atoms with van der Waals surface area (Å²) in [6.07, 6.45) is 0. The van der Waals surface area contributed by atoms with E-state index in [1.165, 1.54) is 6.92 Å². The first-order valence-corrected chi connectivity index (χ1v) is 9.09. The van der Waals surface area contributed by atoms with E-state index in [0.29, 0.717) is 17.1 Å². The summed E-state index contributed by atoms with van der Waals surface area (Å²) in [4.78, 5) is 21.9. The summed E-state index contributed by atoms with van der Waals surface area (Å²) in [5.74, 6) is 1.14. The minimum Gasteiger partial charge on any atom is -0.497 e. The molecule has 10 nitrogen and oxygen atoms in total. The number of nitro benzene ring substituents is 2. The molecule has 0 aliphatic heterocycles. The zero-order chi connectivity index (χ0) is 22.2. The summed E-state index contributed by atoms with van der Waals surface area (Å²) in [5, 5.41) is 36.5. The van der Waals surface area contributed by atoms with Gasteiger partial charge in [0.05, 0.1) is 29.6 Å². The van der Waals surface area contributed by atoms with Crippen LogP contribution in [0, 0.1) is 34.1 Å². The molecule has 0 aliphatic carbocycles. The lowest BCUT2D eigenvalue weighted by molar-refractivity contribution is -0.392. The van der Waals surface area contributed by atoms with Crippen LogP contribution in [-0.2, 0) is 6.61 Å². The number of anilines is 1. The number of nitrogens with one attached hydrogen (secondary N) is 1. The van der Waals surface area contributed by atoms with Crippen molar-refractivity contribution in [1.82, 2.24) is 0 Å². The molecule has 3 rings (SSSR count). The summed E-state index contributed by atoms with van der Waals surface area (Å²) in [6, 6.07) is 5.85. The molecule has 0 bridgehead atoms. The van der Waals surface area contributed by atoms with Crippen LogP contribution in [0.2, 0.25) is 0 Å². The average Bonchev–Trinajstić information content (AvgIpc) is 3.03. The van der Waals surface area contributed by atoms with Gasteiger partial charge in [0.15, 0.2) is 5.69 Å². The van der Waals surface area contributed by atoms with Crippen molar-refractivity contribution in [2.24, 2.45) is 0 Å². The molecule has 0 spiro atoms. The van der Waals surface area contributed by atoms with Crippen molar-refractivity contribution in [2.75, 3.05) is 12.4 Å². The maximum atomic E-state index is 11.7. The summed E-state index contributed by atoms with van der Waals surface area (Å²) in [6.45, 7) is 4.43. The summed E-state index contributed by atoms with van der Waals surface area (Å²) in [7, 11) is 1.55. The Morgan fingerprint density at radius 2 is 1.87 bits per heavy atom. The number of ether oxygens (including phenoxy) is 1. The first kappa shape index (κ1) is 21.1. The summed E-state index contributed by atoms with van der Waals surface area (Å²) < 4.78 is 11.1. The van der Waals surface area contributed by atoms with Crippen molar-refractivity contribution in [1.29, 1.82) is 0 Å². The van der Waals surface area contributed by atoms with E-state index in [4.69, 9.17) is 9.15 Å². The van der Waals surface area contributed by atoms with Crippen molar-refractivity contribution in [3.63, 3.8) is 0 Å². The van der Waals surface area contributed by atoms with Gasteiger partial charge in [0.25, 0.3) is 5.69 Å². The quantitative estimate of drug-likeness (QED) is 0.423. The number of methoxy groups -OCH3 is 1. The SMILES string of the molecule is COc1ccc2oc(C(C)Nc3c([N+](=O)[O-])cc(CO)c(C)c3[N+](=O)[O-])c(C)c2c1. The van der Waals surface area contributed by atoms with Crippen molar-refractivity contribution in [3.05, 3.63) is 66.9 Å². The van der Waals surface area contributed by atoms with E-state index in [1.807, 2.05) is 13.0 Å². The molecule has 0 saturated carbocycles. The molecule has 10 heteroatoms. The molecule has 0 fully saturated rings. The molecular formula is C20H21N3O7. The molecule has 158 valence electrons. The summed E-state index contributed by atoms with van der Waals surface area (Å²) >= 11 is 0. The van der Waals surface area contributed by atoms with Crippen LogP contribution in [0.4, 0.5) is 17.1 Å². The highest BCUT2D eigenvalue weighted by atomic mass is 16.6. The fourth-order valence-electron chi connectivity index (χ4n) is 3.53. The van der Waals surface area contributed by atoms with E-state index < -0.39 is 33.9 Å². The second kappa shape index (κ2) is 7.99. The van der Waals surface area contributed by atoms with Gasteiger partial charge in [0, 0.05) is 22.6 Å². The minimum absolute atomic E-state index is 0.124. The maximum Gasteiger partial charge on any atom is 0.302 e. The van der Waals surface area contributed by atoms with Crippen LogP contribution in [0.1, 0.15) is 35.4 Å². The lowest BCUT2D eigenvalue weighted by Crippen LogP contribution is -2.12. The largest absolute Gasteiger partial charge is 0.497 e. The van der Waals surface area contributed by atoms with E-state index >= 15 is 0 Å². The van der Waals surface area contributed by atoms with Crippen LogP contribution in [0.15, 0.2) is 28.7 Å². The van der Waals surface area contributed by atoms with E-state index in [2.05, 4.69) is 5.32 Å². The fourth-order valence-corrected chi connectivity index (χ4v) is 3.53. The highest BCUT2D eigenvalue weighted by Gasteiger charge is 2.32. The fraction of sp³-hybridized carbons (Fsp3) is 0.300. The summed E-state index contributed by atoms with van der Waals surface area (Å²) in [5.41, 5.74) is 0.511. The first-order valence-electron chi connectivity index (χ1n) is 9.09. The van der Waals surface area contributed by atoms with Crippen molar-refractivity contribution in [3.8, 4) is 5.75 Å². The predicted molar refractivity (Wildman–Crippen MR) is 110 cm³/mol. The van der Waals surface area contributed by atoms with E-state index in [1.54, 1.807) is 26.2 Å². The number of hydrogen-bond acceptors (Lipinski definition) is 8. The second-order valence-corrected chi connectivity index (χ2v) is 6.90.